The van der Waals surface area contributed by atoms with Gasteiger partial charge < -0.3 is 0 Å². The monoisotopic (exact) mass is 295 g/mol. The van der Waals surface area contributed by atoms with E-state index in [9.17, 15) is 8.42 Å². The number of hydrogen-bond acceptors (Lipinski definition) is 2. The number of rotatable bonds is 2. The molecule has 1 aliphatic heterocycles. The lowest BCUT2D eigenvalue weighted by Crippen LogP contribution is -2.47. The van der Waals surface area contributed by atoms with Crippen molar-refractivity contribution in [3.05, 3.63) is 28.8 Å². The van der Waals surface area contributed by atoms with Gasteiger partial charge in [0.1, 0.15) is 0 Å². The van der Waals surface area contributed by atoms with Gasteiger partial charge in [-0.1, -0.05) is 12.5 Å². The smallest absolute Gasteiger partial charge is 0.207 e. The number of aryl methyl sites for hydroxylation is 1. The number of sulfonamides is 1. The van der Waals surface area contributed by atoms with E-state index in [0.29, 0.717) is 4.90 Å². The molecule has 3 nitrogen and oxygen atoms in total. The van der Waals surface area contributed by atoms with Gasteiger partial charge in [0.2, 0.25) is 10.0 Å². The molecule has 0 aromatic heterocycles. The molecule has 2 rings (SSSR count). The standard InChI is InChI=1S/C16H25NO2S/c1-11-9-10-16(15(5)14(11)4)20(18,19)17-12(2)7-6-8-13(17)3/h9-10,12-13H,6-8H2,1-5H3/t12-,13-/m1/s1. The van der Waals surface area contributed by atoms with E-state index in [-0.39, 0.29) is 12.1 Å². The Bertz CT molecular complexity index is 597. The van der Waals surface area contributed by atoms with E-state index in [4.69, 9.17) is 0 Å². The van der Waals surface area contributed by atoms with Crippen LogP contribution in [0.4, 0.5) is 0 Å². The molecular formula is C16H25NO2S. The summed E-state index contributed by atoms with van der Waals surface area (Å²) in [6.07, 6.45) is 3.02. The first-order chi connectivity index (χ1) is 9.26. The molecule has 0 saturated carbocycles. The molecule has 2 atom stereocenters. The van der Waals surface area contributed by atoms with Crippen molar-refractivity contribution in [2.75, 3.05) is 0 Å². The Kier molecular flexibility index (Phi) is 4.26. The normalized spacial score (nSPS) is 24.9. The van der Waals surface area contributed by atoms with Gasteiger partial charge in [0, 0.05) is 12.1 Å². The largest absolute Gasteiger partial charge is 0.243 e. The van der Waals surface area contributed by atoms with Gasteiger partial charge in [0.15, 0.2) is 0 Å². The van der Waals surface area contributed by atoms with Crippen LogP contribution in [0.5, 0.6) is 0 Å². The first kappa shape index (κ1) is 15.5. The molecule has 0 unspecified atom stereocenters. The van der Waals surface area contributed by atoms with Gasteiger partial charge in [-0.2, -0.15) is 4.31 Å². The highest BCUT2D eigenvalue weighted by atomic mass is 32.2. The molecule has 0 N–H and O–H groups in total. The molecule has 1 aromatic rings. The van der Waals surface area contributed by atoms with Crippen LogP contribution in [-0.2, 0) is 10.0 Å². The third-order valence-corrected chi connectivity index (χ3v) is 6.95. The van der Waals surface area contributed by atoms with Crippen LogP contribution in [0.25, 0.3) is 0 Å². The summed E-state index contributed by atoms with van der Waals surface area (Å²) in [7, 11) is -3.40. The summed E-state index contributed by atoms with van der Waals surface area (Å²) in [4.78, 5) is 0.473. The summed E-state index contributed by atoms with van der Waals surface area (Å²) < 4.78 is 27.8. The zero-order valence-corrected chi connectivity index (χ0v) is 13.9. The van der Waals surface area contributed by atoms with Crippen LogP contribution >= 0.6 is 0 Å². The molecule has 4 heteroatoms. The Hall–Kier alpha value is -0.870. The first-order valence-electron chi connectivity index (χ1n) is 7.37. The van der Waals surface area contributed by atoms with Crippen LogP contribution in [0.1, 0.15) is 49.8 Å². The lowest BCUT2D eigenvalue weighted by Gasteiger charge is -2.38. The Balaban J connectivity index is 2.52. The van der Waals surface area contributed by atoms with Crippen LogP contribution in [0, 0.1) is 20.8 Å². The predicted octanol–water partition coefficient (Wildman–Crippen LogP) is 3.56. The summed E-state index contributed by atoms with van der Waals surface area (Å²) in [5.41, 5.74) is 3.10. The van der Waals surface area contributed by atoms with E-state index < -0.39 is 10.0 Å². The van der Waals surface area contributed by atoms with Crippen molar-refractivity contribution >= 4 is 10.0 Å². The maximum atomic E-state index is 13.0. The minimum absolute atomic E-state index is 0.0877. The van der Waals surface area contributed by atoms with Crippen LogP contribution in [0.3, 0.4) is 0 Å². The van der Waals surface area contributed by atoms with Gasteiger partial charge in [-0.25, -0.2) is 8.42 Å². The average Bonchev–Trinajstić information content (AvgIpc) is 2.35. The lowest BCUT2D eigenvalue weighted by molar-refractivity contribution is 0.204. The van der Waals surface area contributed by atoms with Crippen molar-refractivity contribution in [3.63, 3.8) is 0 Å². The second kappa shape index (κ2) is 5.49. The molecule has 0 radical (unpaired) electrons. The lowest BCUT2D eigenvalue weighted by atomic mass is 10.0. The fourth-order valence-electron chi connectivity index (χ4n) is 3.20. The van der Waals surface area contributed by atoms with E-state index in [1.165, 1.54) is 0 Å². The van der Waals surface area contributed by atoms with E-state index in [1.54, 1.807) is 10.4 Å². The summed E-state index contributed by atoms with van der Waals surface area (Å²) in [5, 5.41) is 0. The van der Waals surface area contributed by atoms with Gasteiger partial charge in [-0.3, -0.25) is 0 Å². The average molecular weight is 295 g/mol. The molecule has 0 bridgehead atoms. The van der Waals surface area contributed by atoms with Crippen LogP contribution < -0.4 is 0 Å². The van der Waals surface area contributed by atoms with E-state index in [2.05, 4.69) is 0 Å². The second-order valence-corrected chi connectivity index (χ2v) is 7.91. The minimum Gasteiger partial charge on any atom is -0.207 e. The van der Waals surface area contributed by atoms with Crippen LogP contribution in [-0.4, -0.2) is 24.8 Å². The number of piperidine rings is 1. The molecule has 1 fully saturated rings. The van der Waals surface area contributed by atoms with Gasteiger partial charge in [0.25, 0.3) is 0 Å². The molecule has 0 aliphatic carbocycles. The summed E-state index contributed by atoms with van der Waals surface area (Å²) in [6.45, 7) is 9.96. The molecular weight excluding hydrogens is 270 g/mol. The highest BCUT2D eigenvalue weighted by molar-refractivity contribution is 7.89. The molecule has 1 saturated heterocycles. The fourth-order valence-corrected chi connectivity index (χ4v) is 5.36. The molecule has 1 aliphatic rings. The topological polar surface area (TPSA) is 37.4 Å². The van der Waals surface area contributed by atoms with Gasteiger partial charge in [0.05, 0.1) is 4.90 Å². The predicted molar refractivity (Wildman–Crippen MR) is 82.5 cm³/mol. The van der Waals surface area contributed by atoms with Crippen molar-refractivity contribution in [1.82, 2.24) is 4.31 Å². The first-order valence-corrected chi connectivity index (χ1v) is 8.81. The molecule has 112 valence electrons. The van der Waals surface area contributed by atoms with E-state index in [1.807, 2.05) is 40.7 Å². The Morgan fingerprint density at radius 1 is 1.00 bits per heavy atom. The van der Waals surface area contributed by atoms with Crippen LogP contribution in [0.2, 0.25) is 0 Å². The number of benzene rings is 1. The maximum Gasteiger partial charge on any atom is 0.243 e. The highest BCUT2D eigenvalue weighted by Gasteiger charge is 2.36. The zero-order valence-electron chi connectivity index (χ0n) is 13.1. The van der Waals surface area contributed by atoms with E-state index >= 15 is 0 Å². The van der Waals surface area contributed by atoms with Crippen molar-refractivity contribution in [2.24, 2.45) is 0 Å². The third kappa shape index (κ3) is 2.51. The van der Waals surface area contributed by atoms with Gasteiger partial charge in [-0.05, 0) is 70.2 Å². The Morgan fingerprint density at radius 2 is 1.55 bits per heavy atom. The molecule has 20 heavy (non-hydrogen) atoms. The summed E-state index contributed by atoms with van der Waals surface area (Å²) in [6, 6.07) is 3.85. The van der Waals surface area contributed by atoms with Crippen molar-refractivity contribution in [1.29, 1.82) is 0 Å². The SMILES string of the molecule is Cc1ccc(S(=O)(=O)N2[C@H](C)CCC[C@H]2C)c(C)c1C. The highest BCUT2D eigenvalue weighted by Crippen LogP contribution is 2.32. The maximum absolute atomic E-state index is 13.0. The minimum atomic E-state index is -3.40. The zero-order chi connectivity index (χ0) is 15.1. The van der Waals surface area contributed by atoms with E-state index in [0.717, 1.165) is 36.0 Å². The number of nitrogens with zero attached hydrogens (tertiary/aromatic N) is 1. The molecule has 1 heterocycles. The third-order valence-electron chi connectivity index (χ3n) is 4.68. The van der Waals surface area contributed by atoms with Crippen molar-refractivity contribution in [2.45, 2.75) is 70.9 Å². The second-order valence-electron chi connectivity index (χ2n) is 6.09. The Morgan fingerprint density at radius 3 is 2.10 bits per heavy atom. The Labute approximate surface area is 123 Å². The summed E-state index contributed by atoms with van der Waals surface area (Å²) >= 11 is 0. The quantitative estimate of drug-likeness (QED) is 0.836. The fraction of sp³-hybridized carbons (Fsp3) is 0.625. The van der Waals surface area contributed by atoms with Crippen LogP contribution in [0.15, 0.2) is 17.0 Å². The van der Waals surface area contributed by atoms with Gasteiger partial charge in [-0.15, -0.1) is 0 Å². The summed E-state index contributed by atoms with van der Waals surface area (Å²) in [5.74, 6) is 0. The molecule has 0 amide bonds. The van der Waals surface area contributed by atoms with Crippen molar-refractivity contribution in [3.8, 4) is 0 Å². The molecule has 1 aromatic carbocycles. The molecule has 0 spiro atoms. The van der Waals surface area contributed by atoms with Gasteiger partial charge >= 0.3 is 0 Å². The van der Waals surface area contributed by atoms with Crippen molar-refractivity contribution < 1.29 is 8.42 Å². The number of hydrogen-bond donors (Lipinski definition) is 0.